The molecule has 1 aromatic rings. The number of hydrogen-bond acceptors (Lipinski definition) is 3. The largest absolute Gasteiger partial charge is 0.483 e. The molecular formula is C16H20ClNO3. The number of carbonyl (C=O) groups is 2. The van der Waals surface area contributed by atoms with Crippen LogP contribution < -0.4 is 10.1 Å². The summed E-state index contributed by atoms with van der Waals surface area (Å²) >= 11 is 6.16. The minimum absolute atomic E-state index is 0.0255. The Morgan fingerprint density at radius 2 is 2.19 bits per heavy atom. The highest BCUT2D eigenvalue weighted by Crippen LogP contribution is 2.42. The molecule has 1 aliphatic carbocycles. The van der Waals surface area contributed by atoms with E-state index in [1.807, 2.05) is 20.8 Å². The van der Waals surface area contributed by atoms with E-state index >= 15 is 0 Å². The van der Waals surface area contributed by atoms with Crippen LogP contribution in [0.5, 0.6) is 5.75 Å². The lowest BCUT2D eigenvalue weighted by Gasteiger charge is -2.13. The molecular weight excluding hydrogens is 290 g/mol. The molecule has 4 nitrogen and oxygen atoms in total. The maximum atomic E-state index is 12.1. The number of carbonyl (C=O) groups excluding carboxylic acids is 2. The fraction of sp³-hybridized carbons (Fsp3) is 0.500. The molecule has 0 heterocycles. The van der Waals surface area contributed by atoms with Crippen molar-refractivity contribution in [2.24, 2.45) is 5.92 Å². The molecule has 0 aromatic heterocycles. The Hall–Kier alpha value is -1.55. The molecule has 1 atom stereocenters. The van der Waals surface area contributed by atoms with Crippen LogP contribution in [0.25, 0.3) is 0 Å². The van der Waals surface area contributed by atoms with Crippen LogP contribution >= 0.6 is 11.6 Å². The lowest BCUT2D eigenvalue weighted by molar-refractivity contribution is -0.123. The van der Waals surface area contributed by atoms with E-state index in [1.54, 1.807) is 12.1 Å². The number of hydrogen-bond donors (Lipinski definition) is 1. The van der Waals surface area contributed by atoms with Crippen LogP contribution in [0.1, 0.15) is 49.0 Å². The van der Waals surface area contributed by atoms with Gasteiger partial charge in [0.2, 0.25) is 0 Å². The Morgan fingerprint density at radius 3 is 2.86 bits per heavy atom. The summed E-state index contributed by atoms with van der Waals surface area (Å²) < 4.78 is 5.53. The number of rotatable bonds is 5. The first-order valence-corrected chi connectivity index (χ1v) is 7.53. The molecule has 0 radical (unpaired) electrons. The summed E-state index contributed by atoms with van der Waals surface area (Å²) in [4.78, 5) is 23.8. The zero-order chi connectivity index (χ0) is 15.6. The number of fused-ring (bicyclic) bond motifs is 1. The number of nitrogens with one attached hydrogen (secondary N) is 1. The van der Waals surface area contributed by atoms with Gasteiger partial charge < -0.3 is 10.1 Å². The van der Waals surface area contributed by atoms with Crippen LogP contribution in [0, 0.1) is 5.92 Å². The van der Waals surface area contributed by atoms with Crippen LogP contribution in [-0.2, 0) is 4.79 Å². The van der Waals surface area contributed by atoms with Crippen molar-refractivity contribution in [3.05, 3.63) is 28.3 Å². The van der Waals surface area contributed by atoms with Crippen molar-refractivity contribution >= 4 is 23.3 Å². The van der Waals surface area contributed by atoms with Gasteiger partial charge >= 0.3 is 0 Å². The second kappa shape index (κ2) is 6.48. The van der Waals surface area contributed by atoms with Crippen molar-refractivity contribution in [2.75, 3.05) is 13.2 Å². The molecule has 0 spiro atoms. The minimum Gasteiger partial charge on any atom is -0.483 e. The van der Waals surface area contributed by atoms with Gasteiger partial charge in [0.15, 0.2) is 12.4 Å². The van der Waals surface area contributed by atoms with Crippen LogP contribution in [0.3, 0.4) is 0 Å². The number of ketones is 1. The molecule has 1 aromatic carbocycles. The molecule has 1 amide bonds. The monoisotopic (exact) mass is 309 g/mol. The van der Waals surface area contributed by atoms with Crippen LogP contribution in [-0.4, -0.2) is 24.8 Å². The van der Waals surface area contributed by atoms with Gasteiger partial charge in [-0.05, 0) is 29.5 Å². The first-order valence-electron chi connectivity index (χ1n) is 7.15. The third kappa shape index (κ3) is 3.56. The molecule has 0 unspecified atom stereocenters. The zero-order valence-electron chi connectivity index (χ0n) is 12.5. The zero-order valence-corrected chi connectivity index (χ0v) is 13.3. The maximum Gasteiger partial charge on any atom is 0.257 e. The normalized spacial score (nSPS) is 17.0. The van der Waals surface area contributed by atoms with E-state index in [0.717, 1.165) is 5.56 Å². The van der Waals surface area contributed by atoms with E-state index in [-0.39, 0.29) is 24.2 Å². The van der Waals surface area contributed by atoms with Gasteiger partial charge in [-0.15, -0.1) is 0 Å². The third-order valence-corrected chi connectivity index (χ3v) is 3.81. The molecule has 114 valence electrons. The van der Waals surface area contributed by atoms with E-state index < -0.39 is 0 Å². The molecule has 2 rings (SSSR count). The van der Waals surface area contributed by atoms with Gasteiger partial charge in [-0.2, -0.15) is 0 Å². The molecule has 0 saturated carbocycles. The first kappa shape index (κ1) is 15.8. The molecule has 1 N–H and O–H groups in total. The van der Waals surface area contributed by atoms with Crippen LogP contribution in [0.2, 0.25) is 5.02 Å². The Kier molecular flexibility index (Phi) is 4.88. The van der Waals surface area contributed by atoms with Crippen molar-refractivity contribution in [2.45, 2.75) is 33.1 Å². The van der Waals surface area contributed by atoms with Crippen molar-refractivity contribution in [3.63, 3.8) is 0 Å². The number of ether oxygens (including phenoxy) is 1. The summed E-state index contributed by atoms with van der Waals surface area (Å²) in [6.07, 6.45) is 0.439. The predicted octanol–water partition coefficient (Wildman–Crippen LogP) is 3.18. The van der Waals surface area contributed by atoms with Crippen molar-refractivity contribution in [1.82, 2.24) is 5.32 Å². The summed E-state index contributed by atoms with van der Waals surface area (Å²) in [5, 5.41) is 3.36. The minimum atomic E-state index is -0.189. The van der Waals surface area contributed by atoms with E-state index in [0.29, 0.717) is 35.2 Å². The van der Waals surface area contributed by atoms with Gasteiger partial charge in [0.1, 0.15) is 5.75 Å². The van der Waals surface area contributed by atoms with Gasteiger partial charge in [0, 0.05) is 18.0 Å². The van der Waals surface area contributed by atoms with Crippen LogP contribution in [0.4, 0.5) is 0 Å². The van der Waals surface area contributed by atoms with E-state index in [2.05, 4.69) is 5.32 Å². The van der Waals surface area contributed by atoms with Gasteiger partial charge in [-0.1, -0.05) is 32.4 Å². The molecule has 5 heteroatoms. The first-order chi connectivity index (χ1) is 9.90. The average molecular weight is 310 g/mol. The predicted molar refractivity (Wildman–Crippen MR) is 82.2 cm³/mol. The van der Waals surface area contributed by atoms with Crippen molar-refractivity contribution in [3.8, 4) is 5.75 Å². The van der Waals surface area contributed by atoms with Crippen molar-refractivity contribution < 1.29 is 14.3 Å². The second-order valence-corrected chi connectivity index (χ2v) is 6.26. The summed E-state index contributed by atoms with van der Waals surface area (Å²) in [5.41, 5.74) is 1.37. The average Bonchev–Trinajstić information content (AvgIpc) is 2.72. The van der Waals surface area contributed by atoms with Gasteiger partial charge in [-0.25, -0.2) is 0 Å². The van der Waals surface area contributed by atoms with Crippen molar-refractivity contribution in [1.29, 1.82) is 0 Å². The quantitative estimate of drug-likeness (QED) is 0.909. The Morgan fingerprint density at radius 1 is 1.48 bits per heavy atom. The number of amides is 1. The van der Waals surface area contributed by atoms with Gasteiger partial charge in [0.25, 0.3) is 5.91 Å². The Balaban J connectivity index is 2.09. The lowest BCUT2D eigenvalue weighted by Crippen LogP contribution is -2.31. The second-order valence-electron chi connectivity index (χ2n) is 5.85. The highest BCUT2D eigenvalue weighted by molar-refractivity contribution is 6.32. The summed E-state index contributed by atoms with van der Waals surface area (Å²) in [6, 6.07) is 3.38. The highest BCUT2D eigenvalue weighted by Gasteiger charge is 2.31. The summed E-state index contributed by atoms with van der Waals surface area (Å²) in [5.74, 6) is 0.765. The Bertz CT molecular complexity index is 569. The number of Topliss-reactive ketones (excluding diaryl/α,β-unsaturated/α-hetero) is 1. The molecule has 0 bridgehead atoms. The van der Waals surface area contributed by atoms with Gasteiger partial charge in [0.05, 0.1) is 5.56 Å². The molecule has 0 fully saturated rings. The fourth-order valence-corrected chi connectivity index (χ4v) is 2.80. The van der Waals surface area contributed by atoms with E-state index in [4.69, 9.17) is 16.3 Å². The van der Waals surface area contributed by atoms with E-state index in [1.165, 1.54) is 0 Å². The summed E-state index contributed by atoms with van der Waals surface area (Å²) in [6.45, 7) is 6.52. The third-order valence-electron chi connectivity index (χ3n) is 3.48. The molecule has 0 aliphatic heterocycles. The van der Waals surface area contributed by atoms with Crippen LogP contribution in [0.15, 0.2) is 12.1 Å². The van der Waals surface area contributed by atoms with Gasteiger partial charge in [-0.3, -0.25) is 9.59 Å². The number of halogens is 1. The SMILES string of the molecule is CC(C)CNC(=O)COc1ccc(Cl)c2c1C(=O)C[C@@H]2C. The highest BCUT2D eigenvalue weighted by atomic mass is 35.5. The molecule has 1 aliphatic rings. The lowest BCUT2D eigenvalue weighted by atomic mass is 10.0. The summed E-state index contributed by atoms with van der Waals surface area (Å²) in [7, 11) is 0. The molecule has 0 saturated heterocycles. The topological polar surface area (TPSA) is 55.4 Å². The van der Waals surface area contributed by atoms with E-state index in [9.17, 15) is 9.59 Å². The maximum absolute atomic E-state index is 12.1. The Labute approximate surface area is 129 Å². The molecule has 21 heavy (non-hydrogen) atoms. The smallest absolute Gasteiger partial charge is 0.257 e. The standard InChI is InChI=1S/C16H20ClNO3/c1-9(2)7-18-14(20)8-21-13-5-4-11(17)15-10(3)6-12(19)16(13)15/h4-5,9-10H,6-8H2,1-3H3,(H,18,20)/t10-/m0/s1. The number of benzene rings is 1. The fourth-order valence-electron chi connectivity index (χ4n) is 2.46.